The van der Waals surface area contributed by atoms with Gasteiger partial charge in [-0.15, -0.1) is 0 Å². The molecule has 0 aliphatic carbocycles. The summed E-state index contributed by atoms with van der Waals surface area (Å²) in [6.45, 7) is 3.20. The lowest BCUT2D eigenvalue weighted by Gasteiger charge is -2.22. The van der Waals surface area contributed by atoms with Crippen molar-refractivity contribution in [2.75, 3.05) is 14.2 Å². The molecule has 1 N–H and O–H groups in total. The van der Waals surface area contributed by atoms with Crippen LogP contribution in [0.2, 0.25) is 0 Å². The summed E-state index contributed by atoms with van der Waals surface area (Å²) in [7, 11) is 2.94. The fraction of sp³-hybridized carbons (Fsp3) is 0.500. The molecule has 0 amide bonds. The largest absolute Gasteiger partial charge is 0.496 e. The number of aliphatic hydroxyl groups is 1. The molecule has 0 spiro atoms. The van der Waals surface area contributed by atoms with Gasteiger partial charge in [-0.1, -0.05) is 6.07 Å². The molecule has 0 saturated heterocycles. The Bertz CT molecular complexity index is 369. The summed E-state index contributed by atoms with van der Waals surface area (Å²) in [5.74, 6) is -0.140. The van der Waals surface area contributed by atoms with Crippen LogP contribution in [0.5, 0.6) is 5.75 Å². The van der Waals surface area contributed by atoms with Gasteiger partial charge in [-0.05, 0) is 19.9 Å². The van der Waals surface area contributed by atoms with Crippen LogP contribution in [-0.4, -0.2) is 19.3 Å². The smallest absolute Gasteiger partial charge is 0.138 e. The van der Waals surface area contributed by atoms with Crippen molar-refractivity contribution in [2.45, 2.75) is 26.1 Å². The summed E-state index contributed by atoms with van der Waals surface area (Å²) in [6, 6.07) is 3.22. The van der Waals surface area contributed by atoms with E-state index in [0.717, 1.165) is 0 Å². The maximum atomic E-state index is 14.1. The van der Waals surface area contributed by atoms with E-state index in [1.807, 2.05) is 0 Å². The number of rotatable bonds is 4. The van der Waals surface area contributed by atoms with Crippen molar-refractivity contribution in [1.29, 1.82) is 0 Å². The first kappa shape index (κ1) is 12.9. The van der Waals surface area contributed by atoms with Gasteiger partial charge in [0.2, 0.25) is 0 Å². The molecular formula is C12H17FO3. The third kappa shape index (κ3) is 2.51. The molecule has 0 unspecified atom stereocenters. The van der Waals surface area contributed by atoms with Crippen molar-refractivity contribution in [1.82, 2.24) is 0 Å². The van der Waals surface area contributed by atoms with Gasteiger partial charge in [0.25, 0.3) is 0 Å². The zero-order valence-electron chi connectivity index (χ0n) is 10.0. The van der Waals surface area contributed by atoms with Gasteiger partial charge in [0.15, 0.2) is 0 Å². The highest BCUT2D eigenvalue weighted by Crippen LogP contribution is 2.33. The zero-order valence-corrected chi connectivity index (χ0v) is 10.0. The maximum Gasteiger partial charge on any atom is 0.138 e. The second-order valence-corrected chi connectivity index (χ2v) is 4.11. The predicted molar refractivity (Wildman–Crippen MR) is 58.9 cm³/mol. The average molecular weight is 228 g/mol. The summed E-state index contributed by atoms with van der Waals surface area (Å²) in [5, 5.41) is 9.91. The van der Waals surface area contributed by atoms with Gasteiger partial charge in [0, 0.05) is 12.7 Å². The summed E-state index contributed by atoms with van der Waals surface area (Å²) >= 11 is 0. The van der Waals surface area contributed by atoms with Gasteiger partial charge in [-0.25, -0.2) is 4.39 Å². The third-order valence-electron chi connectivity index (χ3n) is 2.32. The molecule has 16 heavy (non-hydrogen) atoms. The highest BCUT2D eigenvalue weighted by Gasteiger charge is 2.27. The lowest BCUT2D eigenvalue weighted by Crippen LogP contribution is -2.20. The molecule has 0 saturated carbocycles. The molecule has 1 rings (SSSR count). The molecule has 1 aromatic rings. The van der Waals surface area contributed by atoms with Crippen molar-refractivity contribution >= 4 is 0 Å². The minimum absolute atomic E-state index is 0.157. The van der Waals surface area contributed by atoms with Crippen LogP contribution in [0.4, 0.5) is 4.39 Å². The summed E-state index contributed by atoms with van der Waals surface area (Å²) in [5.41, 5.74) is -0.732. The lowest BCUT2D eigenvalue weighted by molar-refractivity contribution is 0.0706. The molecule has 1 aromatic carbocycles. The number of halogens is 1. The van der Waals surface area contributed by atoms with Crippen LogP contribution in [0.3, 0.4) is 0 Å². The predicted octanol–water partition coefficient (Wildman–Crippen LogP) is 2.21. The van der Waals surface area contributed by atoms with Crippen LogP contribution in [0.25, 0.3) is 0 Å². The van der Waals surface area contributed by atoms with Crippen LogP contribution in [0.1, 0.15) is 25.0 Å². The average Bonchev–Trinajstić information content (AvgIpc) is 2.19. The number of methoxy groups -OCH3 is 2. The van der Waals surface area contributed by atoms with Gasteiger partial charge < -0.3 is 14.6 Å². The summed E-state index contributed by atoms with van der Waals surface area (Å²) in [4.78, 5) is 0. The fourth-order valence-corrected chi connectivity index (χ4v) is 1.61. The molecule has 3 nitrogen and oxygen atoms in total. The Morgan fingerprint density at radius 1 is 1.31 bits per heavy atom. The monoisotopic (exact) mass is 228 g/mol. The Morgan fingerprint density at radius 2 is 1.94 bits per heavy atom. The van der Waals surface area contributed by atoms with Gasteiger partial charge in [0.1, 0.15) is 11.6 Å². The summed E-state index contributed by atoms with van der Waals surface area (Å²) < 4.78 is 24.0. The van der Waals surface area contributed by atoms with Crippen molar-refractivity contribution in [3.05, 3.63) is 29.1 Å². The van der Waals surface area contributed by atoms with Gasteiger partial charge >= 0.3 is 0 Å². The normalized spacial score (nSPS) is 11.6. The van der Waals surface area contributed by atoms with Gasteiger partial charge in [0.05, 0.1) is 24.9 Å². The molecule has 0 heterocycles. The topological polar surface area (TPSA) is 38.7 Å². The minimum Gasteiger partial charge on any atom is -0.496 e. The van der Waals surface area contributed by atoms with Gasteiger partial charge in [-0.2, -0.15) is 0 Å². The highest BCUT2D eigenvalue weighted by atomic mass is 19.1. The van der Waals surface area contributed by atoms with E-state index in [2.05, 4.69) is 0 Å². The maximum absolute atomic E-state index is 14.1. The van der Waals surface area contributed by atoms with Gasteiger partial charge in [-0.3, -0.25) is 0 Å². The van der Waals surface area contributed by atoms with Crippen LogP contribution >= 0.6 is 0 Å². The number of hydrogen-bond acceptors (Lipinski definition) is 3. The Balaban J connectivity index is 3.35. The molecule has 0 aliphatic heterocycles. The number of ether oxygens (including phenoxy) is 2. The van der Waals surface area contributed by atoms with Crippen molar-refractivity contribution in [3.63, 3.8) is 0 Å². The van der Waals surface area contributed by atoms with Crippen LogP contribution < -0.4 is 4.74 Å². The first-order valence-electron chi connectivity index (χ1n) is 4.99. The Kier molecular flexibility index (Phi) is 3.88. The molecular weight excluding hydrogens is 211 g/mol. The molecule has 90 valence electrons. The van der Waals surface area contributed by atoms with Crippen molar-refractivity contribution in [3.8, 4) is 5.75 Å². The second kappa shape index (κ2) is 4.80. The first-order chi connectivity index (χ1) is 7.41. The van der Waals surface area contributed by atoms with Crippen LogP contribution in [-0.2, 0) is 16.9 Å². The molecule has 4 heteroatoms. The fourth-order valence-electron chi connectivity index (χ4n) is 1.61. The van der Waals surface area contributed by atoms with Crippen molar-refractivity contribution < 1.29 is 19.0 Å². The van der Waals surface area contributed by atoms with E-state index in [1.54, 1.807) is 12.1 Å². The quantitative estimate of drug-likeness (QED) is 0.858. The van der Waals surface area contributed by atoms with E-state index in [9.17, 15) is 9.50 Å². The standard InChI is InChI=1S/C12H17FO3/c1-12(2,14)10-9(16-4)6-5-8(7-15-3)11(10)13/h5-6,14H,7H2,1-4H3. The first-order valence-corrected chi connectivity index (χ1v) is 4.99. The Labute approximate surface area is 94.8 Å². The molecule has 0 aromatic heterocycles. The Morgan fingerprint density at radius 3 is 2.38 bits per heavy atom. The van der Waals surface area contributed by atoms with Crippen molar-refractivity contribution in [2.24, 2.45) is 0 Å². The lowest BCUT2D eigenvalue weighted by atomic mass is 9.94. The minimum atomic E-state index is -1.29. The van der Waals surface area contributed by atoms with E-state index in [0.29, 0.717) is 11.3 Å². The molecule has 0 fully saturated rings. The Hall–Kier alpha value is -1.13. The molecule has 0 radical (unpaired) electrons. The van der Waals surface area contributed by atoms with Crippen LogP contribution in [0.15, 0.2) is 12.1 Å². The third-order valence-corrected chi connectivity index (χ3v) is 2.32. The number of hydrogen-bond donors (Lipinski definition) is 1. The highest BCUT2D eigenvalue weighted by molar-refractivity contribution is 5.42. The van der Waals surface area contributed by atoms with E-state index in [-0.39, 0.29) is 12.2 Å². The molecule has 0 bridgehead atoms. The zero-order chi connectivity index (χ0) is 12.3. The second-order valence-electron chi connectivity index (χ2n) is 4.11. The van der Waals surface area contributed by atoms with Crippen LogP contribution in [0, 0.1) is 5.82 Å². The van der Waals surface area contributed by atoms with E-state index in [1.165, 1.54) is 28.1 Å². The van der Waals surface area contributed by atoms with E-state index >= 15 is 0 Å². The van der Waals surface area contributed by atoms with E-state index < -0.39 is 11.4 Å². The van der Waals surface area contributed by atoms with E-state index in [4.69, 9.17) is 9.47 Å². The summed E-state index contributed by atoms with van der Waals surface area (Å²) in [6.07, 6.45) is 0. The molecule has 0 aliphatic rings. The number of benzene rings is 1. The SMILES string of the molecule is COCc1ccc(OC)c(C(C)(C)O)c1F. The molecule has 0 atom stereocenters.